The number of unbranched alkanes of at least 4 members (excludes halogenated alkanes) is 1. The van der Waals surface area contributed by atoms with E-state index in [4.69, 9.17) is 0 Å². The molecule has 0 spiro atoms. The van der Waals surface area contributed by atoms with Crippen molar-refractivity contribution < 1.29 is 5.11 Å². The third-order valence-electron chi connectivity index (χ3n) is 5.80. The number of rotatable bonds is 4. The zero-order chi connectivity index (χ0) is 15.7. The van der Waals surface area contributed by atoms with Crippen LogP contribution in [0.3, 0.4) is 0 Å². The van der Waals surface area contributed by atoms with Crippen molar-refractivity contribution in [1.82, 2.24) is 4.90 Å². The molecule has 2 aliphatic heterocycles. The summed E-state index contributed by atoms with van der Waals surface area (Å²) in [6.07, 6.45) is 3.85. The zero-order valence-electron chi connectivity index (χ0n) is 13.5. The lowest BCUT2D eigenvalue weighted by atomic mass is 9.71. The second-order valence-electron chi connectivity index (χ2n) is 6.93. The first-order valence-corrected chi connectivity index (χ1v) is 8.53. The second-order valence-corrected chi connectivity index (χ2v) is 6.93. The Hall–Kier alpha value is -1.37. The molecule has 0 radical (unpaired) electrons. The molecule has 3 rings (SSSR count). The molecule has 118 valence electrons. The average Bonchev–Trinajstić information content (AvgIpc) is 2.81. The highest BCUT2D eigenvalue weighted by Crippen LogP contribution is 2.50. The SMILES string of the molecule is CCCC[C@H]1C2C(C#N)CC(C(O)[C@@H]1c1ccccc1)N2C. The number of nitriles is 1. The molecule has 1 N–H and O–H groups in total. The van der Waals surface area contributed by atoms with Crippen LogP contribution < -0.4 is 0 Å². The number of hydrogen-bond acceptors (Lipinski definition) is 3. The molecule has 1 aromatic carbocycles. The molecule has 3 heteroatoms. The normalized spacial score (nSPS) is 37.9. The van der Waals surface area contributed by atoms with Gasteiger partial charge in [-0.25, -0.2) is 0 Å². The molecule has 6 atom stereocenters. The number of piperidine rings is 1. The van der Waals surface area contributed by atoms with E-state index in [9.17, 15) is 10.4 Å². The summed E-state index contributed by atoms with van der Waals surface area (Å²) in [6, 6.07) is 13.3. The molecule has 0 aromatic heterocycles. The van der Waals surface area contributed by atoms with Gasteiger partial charge in [-0.05, 0) is 31.4 Å². The van der Waals surface area contributed by atoms with Crippen LogP contribution in [-0.4, -0.2) is 35.2 Å². The number of benzene rings is 1. The van der Waals surface area contributed by atoms with Crippen LogP contribution in [0.25, 0.3) is 0 Å². The number of nitrogens with zero attached hydrogens (tertiary/aromatic N) is 2. The fraction of sp³-hybridized carbons (Fsp3) is 0.632. The summed E-state index contributed by atoms with van der Waals surface area (Å²) in [7, 11) is 2.09. The van der Waals surface area contributed by atoms with Crippen molar-refractivity contribution >= 4 is 0 Å². The minimum Gasteiger partial charge on any atom is -0.391 e. The van der Waals surface area contributed by atoms with Crippen LogP contribution in [0.2, 0.25) is 0 Å². The monoisotopic (exact) mass is 298 g/mol. The van der Waals surface area contributed by atoms with E-state index in [1.807, 2.05) is 6.07 Å². The molecule has 0 saturated carbocycles. The molecule has 2 saturated heterocycles. The Morgan fingerprint density at radius 1 is 1.32 bits per heavy atom. The van der Waals surface area contributed by atoms with Gasteiger partial charge in [0.15, 0.2) is 0 Å². The summed E-state index contributed by atoms with van der Waals surface area (Å²) in [4.78, 5) is 2.29. The van der Waals surface area contributed by atoms with E-state index in [-0.39, 0.29) is 30.0 Å². The molecule has 4 unspecified atom stereocenters. The molecule has 2 fully saturated rings. The Labute approximate surface area is 133 Å². The van der Waals surface area contributed by atoms with Crippen LogP contribution in [0, 0.1) is 23.2 Å². The van der Waals surface area contributed by atoms with Gasteiger partial charge in [0.25, 0.3) is 0 Å². The van der Waals surface area contributed by atoms with Gasteiger partial charge in [-0.15, -0.1) is 0 Å². The first-order chi connectivity index (χ1) is 10.7. The first kappa shape index (κ1) is 15.5. The predicted molar refractivity (Wildman–Crippen MR) is 87.3 cm³/mol. The number of aliphatic hydroxyl groups excluding tert-OH is 1. The van der Waals surface area contributed by atoms with E-state index in [1.54, 1.807) is 0 Å². The fourth-order valence-electron chi connectivity index (χ4n) is 4.80. The van der Waals surface area contributed by atoms with Gasteiger partial charge in [0.05, 0.1) is 18.1 Å². The quantitative estimate of drug-likeness (QED) is 0.929. The van der Waals surface area contributed by atoms with E-state index in [1.165, 1.54) is 5.56 Å². The predicted octanol–water partition coefficient (Wildman–Crippen LogP) is 3.16. The standard InChI is InChI=1S/C19H26N2O/c1-3-4-10-15-17(13-8-6-5-7-9-13)19(22)16-11-14(12-20)18(15)21(16)2/h5-9,14-19,22H,3-4,10-11H2,1-2H3/t14?,15-,16?,17-,18?,19?/m1/s1. The van der Waals surface area contributed by atoms with Gasteiger partial charge in [-0.2, -0.15) is 5.26 Å². The summed E-state index contributed by atoms with van der Waals surface area (Å²) >= 11 is 0. The van der Waals surface area contributed by atoms with Crippen molar-refractivity contribution in [2.75, 3.05) is 7.05 Å². The number of likely N-dealkylation sites (N-methyl/N-ethyl adjacent to an activating group) is 1. The third kappa shape index (κ3) is 2.45. The lowest BCUT2D eigenvalue weighted by molar-refractivity contribution is -0.0275. The molecule has 1 aromatic rings. The van der Waals surface area contributed by atoms with E-state index < -0.39 is 0 Å². The topological polar surface area (TPSA) is 47.3 Å². The number of hydrogen-bond donors (Lipinski definition) is 1. The molecule has 0 amide bonds. The number of fused-ring (bicyclic) bond motifs is 2. The molecule has 2 aliphatic rings. The number of aliphatic hydroxyl groups is 1. The average molecular weight is 298 g/mol. The summed E-state index contributed by atoms with van der Waals surface area (Å²) in [6.45, 7) is 2.21. The zero-order valence-corrected chi connectivity index (χ0v) is 13.5. The Balaban J connectivity index is 1.98. The second kappa shape index (κ2) is 6.40. The largest absolute Gasteiger partial charge is 0.391 e. The molecular formula is C19H26N2O. The Morgan fingerprint density at radius 2 is 2.05 bits per heavy atom. The van der Waals surface area contributed by atoms with Crippen LogP contribution in [0.1, 0.15) is 44.1 Å². The fourth-order valence-corrected chi connectivity index (χ4v) is 4.80. The smallest absolute Gasteiger partial charge is 0.0767 e. The first-order valence-electron chi connectivity index (χ1n) is 8.53. The van der Waals surface area contributed by atoms with Crippen molar-refractivity contribution in [2.45, 2.75) is 56.7 Å². The van der Waals surface area contributed by atoms with Crippen LogP contribution in [0.5, 0.6) is 0 Å². The highest BCUT2D eigenvalue weighted by atomic mass is 16.3. The van der Waals surface area contributed by atoms with E-state index in [0.717, 1.165) is 25.7 Å². The summed E-state index contributed by atoms with van der Waals surface area (Å²) in [5, 5.41) is 20.6. The van der Waals surface area contributed by atoms with Gasteiger partial charge in [0.2, 0.25) is 0 Å². The van der Waals surface area contributed by atoms with Crippen molar-refractivity contribution in [1.29, 1.82) is 5.26 Å². The van der Waals surface area contributed by atoms with Gasteiger partial charge in [0.1, 0.15) is 0 Å². The van der Waals surface area contributed by atoms with Gasteiger partial charge in [-0.3, -0.25) is 4.90 Å². The van der Waals surface area contributed by atoms with Crippen molar-refractivity contribution in [3.63, 3.8) is 0 Å². The van der Waals surface area contributed by atoms with Crippen LogP contribution >= 0.6 is 0 Å². The van der Waals surface area contributed by atoms with Gasteiger partial charge in [0, 0.05) is 18.0 Å². The summed E-state index contributed by atoms with van der Waals surface area (Å²) in [5.74, 6) is 0.586. The minimum absolute atomic E-state index is 0.0558. The molecule has 2 heterocycles. The van der Waals surface area contributed by atoms with Crippen molar-refractivity contribution in [3.05, 3.63) is 35.9 Å². The summed E-state index contributed by atoms with van der Waals surface area (Å²) in [5.41, 5.74) is 1.23. The maximum Gasteiger partial charge on any atom is 0.0767 e. The Morgan fingerprint density at radius 3 is 2.68 bits per heavy atom. The third-order valence-corrected chi connectivity index (χ3v) is 5.80. The Bertz CT molecular complexity index is 538. The van der Waals surface area contributed by atoms with Crippen LogP contribution in [0.4, 0.5) is 0 Å². The molecule has 2 bridgehead atoms. The van der Waals surface area contributed by atoms with E-state index in [2.05, 4.69) is 49.2 Å². The van der Waals surface area contributed by atoms with Gasteiger partial charge >= 0.3 is 0 Å². The van der Waals surface area contributed by atoms with E-state index >= 15 is 0 Å². The van der Waals surface area contributed by atoms with E-state index in [0.29, 0.717) is 5.92 Å². The van der Waals surface area contributed by atoms with Gasteiger partial charge < -0.3 is 5.11 Å². The van der Waals surface area contributed by atoms with Crippen LogP contribution in [0.15, 0.2) is 30.3 Å². The Kier molecular flexibility index (Phi) is 4.52. The highest BCUT2D eigenvalue weighted by molar-refractivity contribution is 5.27. The van der Waals surface area contributed by atoms with Crippen molar-refractivity contribution in [2.24, 2.45) is 11.8 Å². The van der Waals surface area contributed by atoms with Gasteiger partial charge in [-0.1, -0.05) is 50.1 Å². The summed E-state index contributed by atoms with van der Waals surface area (Å²) < 4.78 is 0. The molecular weight excluding hydrogens is 272 g/mol. The van der Waals surface area contributed by atoms with Crippen molar-refractivity contribution in [3.8, 4) is 6.07 Å². The maximum absolute atomic E-state index is 11.0. The maximum atomic E-state index is 11.0. The minimum atomic E-state index is -0.371. The van der Waals surface area contributed by atoms with Crippen LogP contribution in [-0.2, 0) is 0 Å². The lowest BCUT2D eigenvalue weighted by Gasteiger charge is -2.47. The molecule has 22 heavy (non-hydrogen) atoms. The highest BCUT2D eigenvalue weighted by Gasteiger charge is 2.55. The molecule has 3 nitrogen and oxygen atoms in total. The lowest BCUT2D eigenvalue weighted by Crippen LogP contribution is -2.54. The molecule has 0 aliphatic carbocycles.